The van der Waals surface area contributed by atoms with Gasteiger partial charge in [0.2, 0.25) is 0 Å². The lowest BCUT2D eigenvalue weighted by molar-refractivity contribution is -0.133. The van der Waals surface area contributed by atoms with Crippen LogP contribution in [0.25, 0.3) is 11.0 Å². The zero-order chi connectivity index (χ0) is 14.3. The highest BCUT2D eigenvalue weighted by Gasteiger charge is 2.32. The summed E-state index contributed by atoms with van der Waals surface area (Å²) in [5.74, 6) is -0.739. The molecule has 6 heteroatoms. The molecular weight excluding hydrogens is 279 g/mol. The highest BCUT2D eigenvalue weighted by Crippen LogP contribution is 2.42. The van der Waals surface area contributed by atoms with Crippen LogP contribution in [-0.4, -0.2) is 26.4 Å². The van der Waals surface area contributed by atoms with Crippen LogP contribution in [0.3, 0.4) is 0 Å². The van der Waals surface area contributed by atoms with Crippen molar-refractivity contribution in [3.05, 3.63) is 24.0 Å². The molecule has 4 nitrogen and oxygen atoms in total. The molecule has 0 spiro atoms. The molecule has 1 atom stereocenters. The molecule has 2 aromatic rings. The minimum Gasteiger partial charge on any atom is -0.481 e. The van der Waals surface area contributed by atoms with Crippen LogP contribution < -0.4 is 0 Å². The highest BCUT2D eigenvalue weighted by molar-refractivity contribution is 7.99. The first-order valence-electron chi connectivity index (χ1n) is 6.59. The predicted molar refractivity (Wildman–Crippen MR) is 75.5 cm³/mol. The molecule has 1 N–H and O–H groups in total. The van der Waals surface area contributed by atoms with Gasteiger partial charge in [-0.25, -0.2) is 9.37 Å². The van der Waals surface area contributed by atoms with E-state index >= 15 is 0 Å². The number of carboxylic acid groups (broad SMARTS) is 1. The number of rotatable bonds is 5. The summed E-state index contributed by atoms with van der Waals surface area (Å²) in [6.45, 7) is 2.09. The third-order valence-corrected chi connectivity index (χ3v) is 4.61. The smallest absolute Gasteiger partial charge is 0.313 e. The number of fused-ring (bicyclic) bond motifs is 1. The SMILES string of the molecule is CC(C1CC1)n1c(SCC(=O)O)nc2c(F)cccc21. The largest absolute Gasteiger partial charge is 0.481 e. The first-order chi connectivity index (χ1) is 9.58. The number of benzene rings is 1. The summed E-state index contributed by atoms with van der Waals surface area (Å²) in [4.78, 5) is 15.1. The van der Waals surface area contributed by atoms with Gasteiger partial charge < -0.3 is 9.67 Å². The Bertz CT molecular complexity index is 666. The summed E-state index contributed by atoms with van der Waals surface area (Å²) >= 11 is 1.15. The van der Waals surface area contributed by atoms with E-state index in [9.17, 15) is 9.18 Å². The number of imidazole rings is 1. The quantitative estimate of drug-likeness (QED) is 0.859. The van der Waals surface area contributed by atoms with Crippen molar-refractivity contribution in [3.8, 4) is 0 Å². The Hall–Kier alpha value is -1.56. The summed E-state index contributed by atoms with van der Waals surface area (Å²) in [5.41, 5.74) is 1.07. The average molecular weight is 294 g/mol. The lowest BCUT2D eigenvalue weighted by atomic mass is 10.2. The van der Waals surface area contributed by atoms with Gasteiger partial charge in [0, 0.05) is 6.04 Å². The van der Waals surface area contributed by atoms with Crippen molar-refractivity contribution in [1.29, 1.82) is 0 Å². The first kappa shape index (κ1) is 13.4. The average Bonchev–Trinajstić information content (AvgIpc) is 3.17. The van der Waals surface area contributed by atoms with Crippen molar-refractivity contribution in [2.24, 2.45) is 5.92 Å². The second-order valence-electron chi connectivity index (χ2n) is 5.13. The molecule has 1 heterocycles. The molecular formula is C14H15FN2O2S. The van der Waals surface area contributed by atoms with Gasteiger partial charge in [-0.15, -0.1) is 0 Å². The molecule has 1 unspecified atom stereocenters. The van der Waals surface area contributed by atoms with E-state index in [4.69, 9.17) is 5.11 Å². The van der Waals surface area contributed by atoms with E-state index in [1.54, 1.807) is 6.07 Å². The molecule has 20 heavy (non-hydrogen) atoms. The van der Waals surface area contributed by atoms with E-state index in [1.807, 2.05) is 10.6 Å². The van der Waals surface area contributed by atoms with Gasteiger partial charge in [-0.1, -0.05) is 17.8 Å². The van der Waals surface area contributed by atoms with E-state index in [1.165, 1.54) is 18.9 Å². The lowest BCUT2D eigenvalue weighted by Crippen LogP contribution is -2.09. The molecule has 1 saturated carbocycles. The Morgan fingerprint density at radius 2 is 2.35 bits per heavy atom. The number of aliphatic carboxylic acids is 1. The molecule has 1 fully saturated rings. The number of para-hydroxylation sites is 1. The Labute approximate surface area is 120 Å². The normalized spacial score (nSPS) is 16.5. The fourth-order valence-electron chi connectivity index (χ4n) is 2.47. The Morgan fingerprint density at radius 1 is 1.60 bits per heavy atom. The van der Waals surface area contributed by atoms with E-state index < -0.39 is 5.97 Å². The van der Waals surface area contributed by atoms with E-state index in [0.717, 1.165) is 17.3 Å². The van der Waals surface area contributed by atoms with Crippen LogP contribution in [0.2, 0.25) is 0 Å². The number of carboxylic acids is 1. The summed E-state index contributed by atoms with van der Waals surface area (Å²) in [7, 11) is 0. The summed E-state index contributed by atoms with van der Waals surface area (Å²) < 4.78 is 15.8. The number of hydrogen-bond acceptors (Lipinski definition) is 3. The standard InChI is InChI=1S/C14H15FN2O2S/c1-8(9-5-6-9)17-11-4-2-3-10(15)13(11)16-14(17)20-7-12(18)19/h2-4,8-9H,5-7H2,1H3,(H,18,19). The highest BCUT2D eigenvalue weighted by atomic mass is 32.2. The lowest BCUT2D eigenvalue weighted by Gasteiger charge is -2.16. The molecule has 0 radical (unpaired) electrons. The third-order valence-electron chi connectivity index (χ3n) is 3.67. The third kappa shape index (κ3) is 2.40. The van der Waals surface area contributed by atoms with Crippen LogP contribution in [0.1, 0.15) is 25.8 Å². The fourth-order valence-corrected chi connectivity index (χ4v) is 3.28. The predicted octanol–water partition coefficient (Wildman–Crippen LogP) is 3.32. The number of halogens is 1. The maximum Gasteiger partial charge on any atom is 0.313 e. The van der Waals surface area contributed by atoms with Crippen molar-refractivity contribution in [1.82, 2.24) is 9.55 Å². The van der Waals surface area contributed by atoms with Crippen molar-refractivity contribution in [2.45, 2.75) is 31.0 Å². The van der Waals surface area contributed by atoms with Gasteiger partial charge in [0.05, 0.1) is 11.3 Å². The Kier molecular flexibility index (Phi) is 3.41. The van der Waals surface area contributed by atoms with Gasteiger partial charge in [-0.3, -0.25) is 4.79 Å². The topological polar surface area (TPSA) is 55.1 Å². The van der Waals surface area contributed by atoms with Gasteiger partial charge in [0.15, 0.2) is 11.0 Å². The zero-order valence-electron chi connectivity index (χ0n) is 11.0. The summed E-state index contributed by atoms with van der Waals surface area (Å²) in [5, 5.41) is 9.41. The second-order valence-corrected chi connectivity index (χ2v) is 6.07. The zero-order valence-corrected chi connectivity index (χ0v) is 11.9. The number of carbonyl (C=O) groups is 1. The fraction of sp³-hybridized carbons (Fsp3) is 0.429. The minimum absolute atomic E-state index is 0.0671. The second kappa shape index (κ2) is 5.09. The number of hydrogen-bond donors (Lipinski definition) is 1. The van der Waals surface area contributed by atoms with Crippen molar-refractivity contribution in [3.63, 3.8) is 0 Å². The van der Waals surface area contributed by atoms with Crippen LogP contribution in [-0.2, 0) is 4.79 Å². The van der Waals surface area contributed by atoms with Crippen molar-refractivity contribution >= 4 is 28.8 Å². The molecule has 1 aliphatic carbocycles. The van der Waals surface area contributed by atoms with Crippen LogP contribution >= 0.6 is 11.8 Å². The van der Waals surface area contributed by atoms with E-state index in [-0.39, 0.29) is 17.6 Å². The van der Waals surface area contributed by atoms with Gasteiger partial charge in [0.1, 0.15) is 5.52 Å². The molecule has 1 aromatic heterocycles. The molecule has 0 saturated heterocycles. The van der Waals surface area contributed by atoms with Crippen molar-refractivity contribution in [2.75, 3.05) is 5.75 Å². The molecule has 1 aromatic carbocycles. The maximum absolute atomic E-state index is 13.9. The van der Waals surface area contributed by atoms with Gasteiger partial charge in [0.25, 0.3) is 0 Å². The Balaban J connectivity index is 2.08. The van der Waals surface area contributed by atoms with Gasteiger partial charge in [-0.2, -0.15) is 0 Å². The molecule has 0 aliphatic heterocycles. The minimum atomic E-state index is -0.895. The molecule has 0 amide bonds. The van der Waals surface area contributed by atoms with Crippen LogP contribution in [0, 0.1) is 11.7 Å². The Morgan fingerprint density at radius 3 is 3.00 bits per heavy atom. The molecule has 1 aliphatic rings. The van der Waals surface area contributed by atoms with E-state index in [0.29, 0.717) is 16.6 Å². The van der Waals surface area contributed by atoms with Crippen LogP contribution in [0.5, 0.6) is 0 Å². The molecule has 106 valence electrons. The summed E-state index contributed by atoms with van der Waals surface area (Å²) in [6.07, 6.45) is 2.33. The monoisotopic (exact) mass is 294 g/mol. The first-order valence-corrected chi connectivity index (χ1v) is 7.57. The van der Waals surface area contributed by atoms with Crippen LogP contribution in [0.4, 0.5) is 4.39 Å². The summed E-state index contributed by atoms with van der Waals surface area (Å²) in [6, 6.07) is 5.11. The van der Waals surface area contributed by atoms with Gasteiger partial charge >= 0.3 is 5.97 Å². The van der Waals surface area contributed by atoms with E-state index in [2.05, 4.69) is 11.9 Å². The number of thioether (sulfide) groups is 1. The van der Waals surface area contributed by atoms with Crippen LogP contribution in [0.15, 0.2) is 23.4 Å². The number of nitrogens with zero attached hydrogens (tertiary/aromatic N) is 2. The van der Waals surface area contributed by atoms with Gasteiger partial charge in [-0.05, 0) is 37.8 Å². The van der Waals surface area contributed by atoms with Crippen molar-refractivity contribution < 1.29 is 14.3 Å². The molecule has 0 bridgehead atoms. The maximum atomic E-state index is 13.9. The molecule has 3 rings (SSSR count). The number of aromatic nitrogens is 2.